The number of hydrogen-bond donors (Lipinski definition) is 1. The van der Waals surface area contributed by atoms with Crippen LogP contribution in [-0.4, -0.2) is 31.3 Å². The van der Waals surface area contributed by atoms with Crippen molar-refractivity contribution in [1.82, 2.24) is 5.43 Å². The highest BCUT2D eigenvalue weighted by Gasteiger charge is 2.12. The van der Waals surface area contributed by atoms with Gasteiger partial charge in [-0.2, -0.15) is 5.10 Å². The summed E-state index contributed by atoms with van der Waals surface area (Å²) >= 11 is 15.2. The van der Waals surface area contributed by atoms with Crippen molar-refractivity contribution < 1.29 is 23.8 Å². The van der Waals surface area contributed by atoms with Gasteiger partial charge >= 0.3 is 5.97 Å². The third-order valence-electron chi connectivity index (χ3n) is 4.38. The number of esters is 1. The van der Waals surface area contributed by atoms with Crippen LogP contribution in [0.2, 0.25) is 10.0 Å². The Morgan fingerprint density at radius 1 is 1.00 bits per heavy atom. The van der Waals surface area contributed by atoms with Crippen molar-refractivity contribution in [3.8, 4) is 17.2 Å². The summed E-state index contributed by atoms with van der Waals surface area (Å²) in [6.45, 7) is 2.31. The van der Waals surface area contributed by atoms with E-state index >= 15 is 0 Å². The molecule has 0 spiro atoms. The fourth-order valence-electron chi connectivity index (χ4n) is 2.72. The molecule has 0 saturated heterocycles. The van der Waals surface area contributed by atoms with E-state index in [4.69, 9.17) is 37.4 Å². The minimum atomic E-state index is -0.540. The molecule has 10 heteroatoms. The molecule has 0 bridgehead atoms. The maximum atomic E-state index is 12.6. The summed E-state index contributed by atoms with van der Waals surface area (Å²) in [4.78, 5) is 24.7. The molecule has 0 aliphatic heterocycles. The van der Waals surface area contributed by atoms with Gasteiger partial charge in [-0.15, -0.1) is 0 Å². The summed E-state index contributed by atoms with van der Waals surface area (Å²) in [5, 5.41) is 4.67. The van der Waals surface area contributed by atoms with E-state index in [1.165, 1.54) is 12.3 Å². The van der Waals surface area contributed by atoms with E-state index in [-0.39, 0.29) is 17.4 Å². The molecular formula is C25H21BrCl2N2O5. The Morgan fingerprint density at radius 3 is 2.46 bits per heavy atom. The zero-order valence-electron chi connectivity index (χ0n) is 18.6. The Bertz CT molecular complexity index is 1220. The lowest BCUT2D eigenvalue weighted by Gasteiger charge is -2.09. The van der Waals surface area contributed by atoms with Crippen molar-refractivity contribution in [3.05, 3.63) is 86.3 Å². The highest BCUT2D eigenvalue weighted by Crippen LogP contribution is 2.27. The van der Waals surface area contributed by atoms with Gasteiger partial charge in [0.05, 0.1) is 23.4 Å². The van der Waals surface area contributed by atoms with Gasteiger partial charge < -0.3 is 14.2 Å². The van der Waals surface area contributed by atoms with Gasteiger partial charge in [0.2, 0.25) is 0 Å². The van der Waals surface area contributed by atoms with Gasteiger partial charge in [0.25, 0.3) is 5.91 Å². The predicted octanol–water partition coefficient (Wildman–Crippen LogP) is 6.29. The lowest BCUT2D eigenvalue weighted by Crippen LogP contribution is -2.24. The summed E-state index contributed by atoms with van der Waals surface area (Å²) in [7, 11) is 0. The van der Waals surface area contributed by atoms with Crippen LogP contribution in [0.3, 0.4) is 0 Å². The van der Waals surface area contributed by atoms with Crippen molar-refractivity contribution in [2.45, 2.75) is 13.3 Å². The van der Waals surface area contributed by atoms with Crippen LogP contribution in [0.15, 0.2) is 70.2 Å². The molecular weight excluding hydrogens is 559 g/mol. The minimum absolute atomic E-state index is 0.270. The van der Waals surface area contributed by atoms with E-state index in [0.29, 0.717) is 34.3 Å². The molecule has 0 aliphatic carbocycles. The summed E-state index contributed by atoms with van der Waals surface area (Å²) in [6, 6.07) is 16.4. The van der Waals surface area contributed by atoms with E-state index in [2.05, 4.69) is 26.5 Å². The van der Waals surface area contributed by atoms with Crippen LogP contribution in [0, 0.1) is 0 Å². The Morgan fingerprint density at radius 2 is 1.74 bits per heavy atom. The maximum absolute atomic E-state index is 12.6. The summed E-state index contributed by atoms with van der Waals surface area (Å²) in [6.07, 6.45) is 2.25. The van der Waals surface area contributed by atoms with Crippen molar-refractivity contribution >= 4 is 57.2 Å². The Hall–Kier alpha value is -3.07. The maximum Gasteiger partial charge on any atom is 0.343 e. The quantitative estimate of drug-likeness (QED) is 0.132. The van der Waals surface area contributed by atoms with Crippen LogP contribution < -0.4 is 19.6 Å². The normalized spacial score (nSPS) is 10.7. The first-order chi connectivity index (χ1) is 16.9. The number of hydrogen-bond acceptors (Lipinski definition) is 6. The Balaban J connectivity index is 1.60. The van der Waals surface area contributed by atoms with Gasteiger partial charge in [0.1, 0.15) is 17.2 Å². The Labute approximate surface area is 221 Å². The topological polar surface area (TPSA) is 86.2 Å². The molecule has 0 heterocycles. The highest BCUT2D eigenvalue weighted by atomic mass is 79.9. The molecule has 0 saturated carbocycles. The van der Waals surface area contributed by atoms with Gasteiger partial charge in [-0.1, -0.05) is 46.1 Å². The van der Waals surface area contributed by atoms with Gasteiger partial charge in [-0.3, -0.25) is 4.79 Å². The molecule has 0 unspecified atom stereocenters. The van der Waals surface area contributed by atoms with E-state index in [1.54, 1.807) is 54.6 Å². The second-order valence-corrected chi connectivity index (χ2v) is 8.86. The van der Waals surface area contributed by atoms with Crippen LogP contribution in [0.4, 0.5) is 0 Å². The third-order valence-corrected chi connectivity index (χ3v) is 5.41. The van der Waals surface area contributed by atoms with Gasteiger partial charge in [0.15, 0.2) is 6.61 Å². The number of halogens is 3. The van der Waals surface area contributed by atoms with Crippen molar-refractivity contribution in [2.75, 3.05) is 13.2 Å². The van der Waals surface area contributed by atoms with E-state index in [0.717, 1.165) is 10.9 Å². The highest BCUT2D eigenvalue weighted by molar-refractivity contribution is 9.10. The van der Waals surface area contributed by atoms with Gasteiger partial charge in [0, 0.05) is 15.1 Å². The lowest BCUT2D eigenvalue weighted by atomic mass is 10.2. The minimum Gasteiger partial charge on any atom is -0.494 e. The number of nitrogens with one attached hydrogen (secondary N) is 1. The molecule has 182 valence electrons. The van der Waals surface area contributed by atoms with E-state index in [1.807, 2.05) is 6.92 Å². The number of hydrazone groups is 1. The number of rotatable bonds is 10. The number of amides is 1. The summed E-state index contributed by atoms with van der Waals surface area (Å²) < 4.78 is 17.2. The zero-order valence-corrected chi connectivity index (χ0v) is 21.7. The summed E-state index contributed by atoms with van der Waals surface area (Å²) in [5.41, 5.74) is 3.19. The number of ether oxygens (including phenoxy) is 3. The van der Waals surface area contributed by atoms with Crippen LogP contribution in [0.1, 0.15) is 29.3 Å². The van der Waals surface area contributed by atoms with Gasteiger partial charge in [-0.05, 0) is 67.1 Å². The average Bonchev–Trinajstić information content (AvgIpc) is 2.84. The third kappa shape index (κ3) is 8.28. The molecule has 1 amide bonds. The number of carbonyl (C=O) groups excluding carboxylic acids is 2. The predicted molar refractivity (Wildman–Crippen MR) is 139 cm³/mol. The van der Waals surface area contributed by atoms with E-state index < -0.39 is 11.9 Å². The number of benzene rings is 3. The van der Waals surface area contributed by atoms with Crippen LogP contribution >= 0.6 is 39.1 Å². The molecule has 3 rings (SSSR count). The zero-order chi connectivity index (χ0) is 25.2. The largest absolute Gasteiger partial charge is 0.494 e. The molecule has 0 aromatic heterocycles. The van der Waals surface area contributed by atoms with Crippen molar-refractivity contribution in [2.24, 2.45) is 5.10 Å². The molecule has 3 aromatic carbocycles. The van der Waals surface area contributed by atoms with Crippen LogP contribution in [-0.2, 0) is 4.79 Å². The van der Waals surface area contributed by atoms with Crippen molar-refractivity contribution in [3.63, 3.8) is 0 Å². The molecule has 0 radical (unpaired) electrons. The molecule has 0 fully saturated rings. The molecule has 35 heavy (non-hydrogen) atoms. The first-order valence-electron chi connectivity index (χ1n) is 10.5. The Kier molecular flexibility index (Phi) is 9.96. The smallest absolute Gasteiger partial charge is 0.343 e. The van der Waals surface area contributed by atoms with Crippen molar-refractivity contribution in [1.29, 1.82) is 0 Å². The van der Waals surface area contributed by atoms with Gasteiger partial charge in [-0.25, -0.2) is 10.2 Å². The summed E-state index contributed by atoms with van der Waals surface area (Å²) in [5.74, 6) is 0.221. The molecule has 0 aliphatic rings. The number of nitrogens with zero attached hydrogens (tertiary/aromatic N) is 1. The molecule has 1 N–H and O–H groups in total. The number of carbonyl (C=O) groups is 2. The molecule has 0 atom stereocenters. The lowest BCUT2D eigenvalue weighted by molar-refractivity contribution is -0.123. The monoisotopic (exact) mass is 578 g/mol. The average molecular weight is 580 g/mol. The SMILES string of the molecule is CCCOc1ccc(C(=O)Oc2ccc(Br)cc2/C=N\NC(=O)COc2ccc(Cl)cc2Cl)cc1. The fourth-order valence-corrected chi connectivity index (χ4v) is 3.56. The van der Waals surface area contributed by atoms with E-state index in [9.17, 15) is 9.59 Å². The van der Waals surface area contributed by atoms with Crippen LogP contribution in [0.25, 0.3) is 0 Å². The first kappa shape index (κ1) is 26.5. The second-order valence-electron chi connectivity index (χ2n) is 7.10. The second kappa shape index (κ2) is 13.1. The standard InChI is InChI=1S/C25H21BrCl2N2O5/c1-2-11-33-20-7-3-16(4-8-20)25(32)35-22-9-5-18(26)12-17(22)14-29-30-24(31)15-34-23-10-6-19(27)13-21(23)28/h3-10,12-14H,2,11,15H2,1H3,(H,30,31)/b29-14-. The fraction of sp³-hybridized carbons (Fsp3) is 0.160. The molecule has 7 nitrogen and oxygen atoms in total. The van der Waals surface area contributed by atoms with Crippen LogP contribution in [0.5, 0.6) is 17.2 Å². The first-order valence-corrected chi connectivity index (χ1v) is 12.0. The molecule has 3 aromatic rings.